The fourth-order valence-corrected chi connectivity index (χ4v) is 15.1. The first-order chi connectivity index (χ1) is 48.9. The number of rotatable bonds is 13. The number of nitrogens with one attached hydrogen (secondary N) is 1. The summed E-state index contributed by atoms with van der Waals surface area (Å²) in [6, 6.07) is 120. The molecule has 0 fully saturated rings. The molecule has 18 rings (SSSR count). The maximum absolute atomic E-state index is 9.79. The van der Waals surface area contributed by atoms with Gasteiger partial charge >= 0.3 is 0 Å². The normalized spacial score (nSPS) is 12.9. The molecule has 0 spiro atoms. The Morgan fingerprint density at radius 2 is 0.606 bits per heavy atom. The predicted molar refractivity (Wildman–Crippen MR) is 418 cm³/mol. The average molecular weight is 1290 g/mol. The van der Waals surface area contributed by atoms with Crippen LogP contribution < -0.4 is 9.64 Å². The first-order valence-corrected chi connectivity index (χ1v) is 33.7. The minimum absolute atomic E-state index is 0.283. The summed E-state index contributed by atoms with van der Waals surface area (Å²) in [5, 5.41) is 17.1. The first kappa shape index (κ1) is 58.8. The summed E-state index contributed by atoms with van der Waals surface area (Å²) >= 11 is 4.55. The number of allylic oxidation sites excluding steroid dienone is 4. The highest BCUT2D eigenvalue weighted by Crippen LogP contribution is 2.42. The smallest absolute Gasteiger partial charge is 0.121 e. The van der Waals surface area contributed by atoms with Crippen molar-refractivity contribution in [1.29, 1.82) is 5.41 Å². The molecule has 468 valence electrons. The van der Waals surface area contributed by atoms with Crippen LogP contribution in [0.3, 0.4) is 0 Å². The number of anilines is 2. The number of aromatic nitrogens is 3. The molecule has 0 unspecified atom stereocenters. The SMILES string of the molecule is COc1ccc(-c2ccc(N(C3=CC=C(c4ccc(-n5c6ccc(-c7ccc(-c8ccc(-n9c%10ccccc%10c%10ccccc%109)cc8)cc7)cc6c6cc(-c7ccc(-c8ccc(-n9c%10ccccc%10c%10ccccc%109)cc8)cc7)ccc65)cc4)C(=N)C3=NS)c3ccccc3)cc2)cc1. The van der Waals surface area contributed by atoms with Crippen LogP contribution in [0.1, 0.15) is 5.56 Å². The highest BCUT2D eigenvalue weighted by Gasteiger charge is 2.28. The zero-order valence-electron chi connectivity index (χ0n) is 54.0. The van der Waals surface area contributed by atoms with E-state index in [1.54, 1.807) is 7.11 Å². The minimum atomic E-state index is 0.283. The highest BCUT2D eigenvalue weighted by molar-refractivity contribution is 7.79. The molecule has 3 aromatic heterocycles. The van der Waals surface area contributed by atoms with Crippen LogP contribution >= 0.6 is 12.8 Å². The van der Waals surface area contributed by atoms with E-state index >= 15 is 0 Å². The summed E-state index contributed by atoms with van der Waals surface area (Å²) in [6.07, 6.45) is 4.09. The molecular formula is C91H62N6OS. The zero-order valence-corrected chi connectivity index (χ0v) is 54.9. The molecule has 17 aromatic rings. The number of thiol groups is 1. The van der Waals surface area contributed by atoms with Crippen molar-refractivity contribution >= 4 is 107 Å². The topological polar surface area (TPSA) is 63.5 Å². The third-order valence-electron chi connectivity index (χ3n) is 19.8. The van der Waals surface area contributed by atoms with E-state index in [1.807, 2.05) is 36.4 Å². The van der Waals surface area contributed by atoms with E-state index in [2.05, 4.69) is 345 Å². The van der Waals surface area contributed by atoms with Gasteiger partial charge in [0, 0.05) is 66.3 Å². The van der Waals surface area contributed by atoms with Gasteiger partial charge in [-0.25, -0.2) is 4.40 Å². The number of ether oxygens (including phenoxy) is 1. The summed E-state index contributed by atoms with van der Waals surface area (Å²) in [5.41, 5.74) is 26.7. The fourth-order valence-electron chi connectivity index (χ4n) is 14.9. The Kier molecular flexibility index (Phi) is 14.5. The van der Waals surface area contributed by atoms with Gasteiger partial charge in [0.1, 0.15) is 11.5 Å². The summed E-state index contributed by atoms with van der Waals surface area (Å²) in [7, 11) is 1.68. The van der Waals surface area contributed by atoms with Gasteiger partial charge in [-0.15, -0.1) is 0 Å². The molecule has 0 aliphatic heterocycles. The number of hydrogen-bond donors (Lipinski definition) is 2. The van der Waals surface area contributed by atoms with E-state index in [0.717, 1.165) is 128 Å². The second-order valence-electron chi connectivity index (χ2n) is 25.2. The van der Waals surface area contributed by atoms with Crippen molar-refractivity contribution in [2.75, 3.05) is 12.0 Å². The Hall–Kier alpha value is -12.8. The lowest BCUT2D eigenvalue weighted by molar-refractivity contribution is 0.415. The molecule has 99 heavy (non-hydrogen) atoms. The summed E-state index contributed by atoms with van der Waals surface area (Å²) in [6.45, 7) is 0. The quantitative estimate of drug-likeness (QED) is 0.0892. The van der Waals surface area contributed by atoms with E-state index in [4.69, 9.17) is 4.74 Å². The average Bonchev–Trinajstić information content (AvgIpc) is 1.65. The number of fused-ring (bicyclic) bond motifs is 9. The van der Waals surface area contributed by atoms with Crippen molar-refractivity contribution in [3.63, 3.8) is 0 Å². The van der Waals surface area contributed by atoms with Crippen LogP contribution in [0.5, 0.6) is 5.75 Å². The Morgan fingerprint density at radius 1 is 0.303 bits per heavy atom. The van der Waals surface area contributed by atoms with Crippen molar-refractivity contribution < 1.29 is 4.74 Å². The van der Waals surface area contributed by atoms with Crippen LogP contribution in [-0.4, -0.2) is 32.2 Å². The maximum atomic E-state index is 9.79. The molecule has 0 amide bonds. The Labute approximate surface area is 578 Å². The van der Waals surface area contributed by atoms with Crippen LogP contribution in [0.2, 0.25) is 0 Å². The van der Waals surface area contributed by atoms with Crippen LogP contribution in [0.4, 0.5) is 11.4 Å². The molecule has 8 heteroatoms. The van der Waals surface area contributed by atoms with Gasteiger partial charge in [0.15, 0.2) is 0 Å². The molecule has 1 aliphatic carbocycles. The summed E-state index contributed by atoms with van der Waals surface area (Å²) in [4.78, 5) is 2.14. The van der Waals surface area contributed by atoms with Gasteiger partial charge in [-0.2, -0.15) is 0 Å². The second kappa shape index (κ2) is 24.5. The monoisotopic (exact) mass is 1290 g/mol. The number of nitrogens with zero attached hydrogens (tertiary/aromatic N) is 5. The first-order valence-electron chi connectivity index (χ1n) is 33.3. The predicted octanol–water partition coefficient (Wildman–Crippen LogP) is 23.7. The molecular weight excluding hydrogens is 1230 g/mol. The Bertz CT molecular complexity index is 5730. The molecule has 0 radical (unpaired) electrons. The van der Waals surface area contributed by atoms with Gasteiger partial charge < -0.3 is 23.3 Å². The lowest BCUT2D eigenvalue weighted by atomic mass is 9.91. The van der Waals surface area contributed by atoms with Crippen LogP contribution in [0, 0.1) is 5.41 Å². The summed E-state index contributed by atoms with van der Waals surface area (Å²) in [5.74, 6) is 0.815. The molecule has 0 bridgehead atoms. The van der Waals surface area contributed by atoms with Gasteiger partial charge in [0.05, 0.1) is 51.6 Å². The molecule has 0 saturated heterocycles. The van der Waals surface area contributed by atoms with Crippen LogP contribution in [-0.2, 0) is 0 Å². The molecule has 7 nitrogen and oxygen atoms in total. The van der Waals surface area contributed by atoms with Gasteiger partial charge in [-0.1, -0.05) is 212 Å². The Morgan fingerprint density at radius 3 is 0.990 bits per heavy atom. The van der Waals surface area contributed by atoms with Gasteiger partial charge in [0.25, 0.3) is 0 Å². The maximum Gasteiger partial charge on any atom is 0.121 e. The molecule has 3 heterocycles. The largest absolute Gasteiger partial charge is 0.497 e. The van der Waals surface area contributed by atoms with Crippen LogP contribution in [0.25, 0.3) is 144 Å². The van der Waals surface area contributed by atoms with E-state index < -0.39 is 0 Å². The second-order valence-corrected chi connectivity index (χ2v) is 25.4. The van der Waals surface area contributed by atoms with Crippen LogP contribution in [0.15, 0.2) is 356 Å². The van der Waals surface area contributed by atoms with Crippen molar-refractivity contribution in [2.24, 2.45) is 4.40 Å². The van der Waals surface area contributed by atoms with Gasteiger partial charge in [0.2, 0.25) is 0 Å². The molecule has 1 aliphatic rings. The minimum Gasteiger partial charge on any atom is -0.497 e. The zero-order chi connectivity index (χ0) is 66.1. The number of hydrogen-bond acceptors (Lipinski definition) is 5. The number of para-hydroxylation sites is 5. The van der Waals surface area contributed by atoms with E-state index in [0.29, 0.717) is 5.71 Å². The van der Waals surface area contributed by atoms with E-state index in [1.165, 1.54) is 43.6 Å². The van der Waals surface area contributed by atoms with E-state index in [9.17, 15) is 5.41 Å². The Balaban J connectivity index is 0.681. The van der Waals surface area contributed by atoms with Gasteiger partial charge in [-0.3, -0.25) is 5.41 Å². The molecule has 1 N–H and O–H groups in total. The molecule has 14 aromatic carbocycles. The van der Waals surface area contributed by atoms with E-state index in [-0.39, 0.29) is 5.71 Å². The van der Waals surface area contributed by atoms with Crippen molar-refractivity contribution in [1.82, 2.24) is 13.7 Å². The highest BCUT2D eigenvalue weighted by atomic mass is 32.1. The number of benzene rings is 14. The lowest BCUT2D eigenvalue weighted by Gasteiger charge is -2.31. The van der Waals surface area contributed by atoms with Gasteiger partial charge in [-0.05, 0) is 207 Å². The summed E-state index contributed by atoms with van der Waals surface area (Å²) < 4.78 is 17.1. The van der Waals surface area contributed by atoms with Crippen molar-refractivity contribution in [3.05, 3.63) is 357 Å². The number of methoxy groups -OCH3 is 1. The third kappa shape index (κ3) is 10.2. The van der Waals surface area contributed by atoms with Crippen molar-refractivity contribution in [2.45, 2.75) is 0 Å². The molecule has 0 saturated carbocycles. The lowest BCUT2D eigenvalue weighted by Crippen LogP contribution is -2.30. The fraction of sp³-hybridized carbons (Fsp3) is 0.0110. The standard InChI is InChI=1S/C91H62N6OS/c1-98-75-51-39-64(40-52-75)63-31-43-71(44-32-63)94(70-13-3-2-4-14-70)89-56-53-76(90(92)91(89)93-99)67-37-49-74(50-38-67)97-87-54-41-68(65-27-23-59(24-28-65)61-33-45-72(46-34-61)95-83-19-9-5-15-77(83)78-16-6-10-20-84(78)95)57-81(87)82-58-69(42-55-88(82)97)66-29-25-60(26-30-66)62-35-47-73(48-36-62)96-85-21-11-7-17-79(85)80-18-8-12-22-86(80)96/h2-58,92,99H,1H3. The van der Waals surface area contributed by atoms with Crippen molar-refractivity contribution in [3.8, 4) is 78.4 Å². The molecule has 0 atom stereocenters. The third-order valence-corrected chi connectivity index (χ3v) is 20.0.